The van der Waals surface area contributed by atoms with Gasteiger partial charge in [-0.25, -0.2) is 9.59 Å². The van der Waals surface area contributed by atoms with E-state index >= 15 is 0 Å². The lowest BCUT2D eigenvalue weighted by molar-refractivity contribution is -0.138. The van der Waals surface area contributed by atoms with E-state index in [9.17, 15) is 14.4 Å². The van der Waals surface area contributed by atoms with E-state index in [1.165, 1.54) is 0 Å². The number of benzene rings is 2. The Morgan fingerprint density at radius 2 is 1.25 bits per heavy atom. The van der Waals surface area contributed by atoms with E-state index < -0.39 is 36.0 Å². The van der Waals surface area contributed by atoms with E-state index in [1.54, 1.807) is 48.5 Å². The molecule has 12 nitrogen and oxygen atoms in total. The van der Waals surface area contributed by atoms with Gasteiger partial charge in [0.25, 0.3) is 0 Å². The molecule has 11 N–H and O–H groups in total. The van der Waals surface area contributed by atoms with Crippen LogP contribution < -0.4 is 37.7 Å². The third-order valence-corrected chi connectivity index (χ3v) is 5.12. The summed E-state index contributed by atoms with van der Waals surface area (Å²) in [6, 6.07) is 10.1. The maximum atomic E-state index is 12.4. The van der Waals surface area contributed by atoms with Crippen LogP contribution in [-0.2, 0) is 27.2 Å². The van der Waals surface area contributed by atoms with Crippen LogP contribution >= 0.6 is 0 Å². The number of carboxylic acids is 1. The second-order valence-corrected chi connectivity index (χ2v) is 8.18. The summed E-state index contributed by atoms with van der Waals surface area (Å²) >= 11 is 0. The number of esters is 2. The Hall–Kier alpha value is -4.00. The first kappa shape index (κ1) is 28.2. The molecule has 2 aromatic carbocycles. The van der Waals surface area contributed by atoms with Crippen molar-refractivity contribution in [1.82, 2.24) is 5.32 Å². The van der Waals surface area contributed by atoms with Crippen molar-refractivity contribution in [3.63, 3.8) is 0 Å². The molecule has 0 saturated heterocycles. The molecular formula is C24H32N6O6. The van der Waals surface area contributed by atoms with Gasteiger partial charge in [-0.2, -0.15) is 0 Å². The minimum absolute atomic E-state index is 0.145. The molecule has 0 heterocycles. The summed E-state index contributed by atoms with van der Waals surface area (Å²) in [7, 11) is 0. The van der Waals surface area contributed by atoms with Crippen LogP contribution in [0.4, 0.5) is 0 Å². The minimum Gasteiger partial charge on any atom is -0.480 e. The third-order valence-electron chi connectivity index (χ3n) is 5.12. The molecule has 0 saturated carbocycles. The molecule has 3 atom stereocenters. The van der Waals surface area contributed by atoms with Gasteiger partial charge in [-0.1, -0.05) is 24.3 Å². The Morgan fingerprint density at radius 3 is 1.69 bits per heavy atom. The fourth-order valence-corrected chi connectivity index (χ4v) is 3.11. The molecule has 0 spiro atoms. The van der Waals surface area contributed by atoms with Gasteiger partial charge in [0.2, 0.25) is 0 Å². The van der Waals surface area contributed by atoms with Crippen molar-refractivity contribution in [2.45, 2.75) is 43.8 Å². The summed E-state index contributed by atoms with van der Waals surface area (Å²) in [5.41, 5.74) is 23.9. The molecule has 0 bridgehead atoms. The zero-order chi connectivity index (χ0) is 26.7. The fourth-order valence-electron chi connectivity index (χ4n) is 3.11. The smallest absolute Gasteiger partial charge is 0.328 e. The van der Waals surface area contributed by atoms with E-state index in [0.29, 0.717) is 30.7 Å². The van der Waals surface area contributed by atoms with Gasteiger partial charge < -0.3 is 42.8 Å². The number of carbonyl (C=O) groups is 3. The van der Waals surface area contributed by atoms with Gasteiger partial charge in [0.1, 0.15) is 29.6 Å². The minimum atomic E-state index is -1.10. The van der Waals surface area contributed by atoms with Crippen LogP contribution in [0.3, 0.4) is 0 Å². The summed E-state index contributed by atoms with van der Waals surface area (Å²) in [6.07, 6.45) is 1.26. The van der Waals surface area contributed by atoms with Crippen molar-refractivity contribution in [2.24, 2.45) is 22.9 Å². The summed E-state index contributed by atoms with van der Waals surface area (Å²) in [4.78, 5) is 35.3. The Bertz CT molecular complexity index is 1040. The Morgan fingerprint density at radius 1 is 0.806 bits per heavy atom. The quantitative estimate of drug-likeness (QED) is 0.0615. The van der Waals surface area contributed by atoms with E-state index in [1.807, 2.05) is 0 Å². The summed E-state index contributed by atoms with van der Waals surface area (Å²) < 4.78 is 10.6. The number of carboxylic acid groups (broad SMARTS) is 1. The van der Waals surface area contributed by atoms with Crippen molar-refractivity contribution in [3.8, 4) is 11.5 Å². The number of nitrogens with one attached hydrogen (secondary N) is 2. The van der Waals surface area contributed by atoms with Crippen LogP contribution in [0.2, 0.25) is 0 Å². The highest BCUT2D eigenvalue weighted by molar-refractivity contribution is 5.79. The van der Waals surface area contributed by atoms with Crippen molar-refractivity contribution in [1.29, 1.82) is 5.41 Å². The normalized spacial score (nSPS) is 13.2. The number of carbonyl (C=O) groups excluding carboxylic acids is 2. The predicted octanol–water partition coefficient (Wildman–Crippen LogP) is -0.388. The first-order valence-corrected chi connectivity index (χ1v) is 11.2. The molecule has 0 fully saturated rings. The second-order valence-electron chi connectivity index (χ2n) is 8.18. The van der Waals surface area contributed by atoms with Crippen LogP contribution in [0.15, 0.2) is 48.5 Å². The molecule has 0 aliphatic rings. The molecule has 0 radical (unpaired) electrons. The zero-order valence-corrected chi connectivity index (χ0v) is 19.7. The largest absolute Gasteiger partial charge is 0.480 e. The molecule has 36 heavy (non-hydrogen) atoms. The molecule has 0 unspecified atom stereocenters. The van der Waals surface area contributed by atoms with E-state index in [4.69, 9.17) is 42.9 Å². The van der Waals surface area contributed by atoms with Crippen LogP contribution in [0.25, 0.3) is 0 Å². The van der Waals surface area contributed by atoms with Gasteiger partial charge in [-0.05, 0) is 61.1 Å². The van der Waals surface area contributed by atoms with Gasteiger partial charge in [0.05, 0.1) is 0 Å². The summed E-state index contributed by atoms with van der Waals surface area (Å²) in [6.45, 7) is 0.431. The van der Waals surface area contributed by atoms with Crippen LogP contribution in [0.1, 0.15) is 24.0 Å². The molecule has 2 aromatic rings. The predicted molar refractivity (Wildman–Crippen MR) is 132 cm³/mol. The number of rotatable bonds is 13. The van der Waals surface area contributed by atoms with Gasteiger partial charge in [0.15, 0.2) is 5.96 Å². The van der Waals surface area contributed by atoms with E-state index in [2.05, 4.69) is 5.32 Å². The third kappa shape index (κ3) is 9.70. The SMILES string of the molecule is N=C(N)NCCC[C@H](N)C(=O)Oc1ccc(C[C@H](N)C(=O)Oc2ccc(C[C@H](N)C(=O)O)cc2)cc1. The number of ether oxygens (including phenoxy) is 2. The molecular weight excluding hydrogens is 468 g/mol. The molecule has 0 aliphatic heterocycles. The average Bonchev–Trinajstić information content (AvgIpc) is 2.83. The highest BCUT2D eigenvalue weighted by Gasteiger charge is 2.19. The standard InChI is InChI=1S/C24H32N6O6/c25-18(2-1-11-30-24(28)29)22(33)35-16-9-5-15(6-10-16)13-20(27)23(34)36-17-7-3-14(4-8-17)12-19(26)21(31)32/h3-10,18-20H,1-2,11-13,25-27H2,(H,31,32)(H4,28,29,30)/t18-,19-,20-/m0/s1. The maximum Gasteiger partial charge on any atom is 0.328 e. The molecule has 12 heteroatoms. The van der Waals surface area contributed by atoms with Gasteiger partial charge in [0, 0.05) is 6.54 Å². The van der Waals surface area contributed by atoms with Crippen molar-refractivity contribution in [2.75, 3.05) is 6.54 Å². The summed E-state index contributed by atoms with van der Waals surface area (Å²) in [5, 5.41) is 18.6. The van der Waals surface area contributed by atoms with Crippen molar-refractivity contribution >= 4 is 23.9 Å². The number of nitrogens with two attached hydrogens (primary N) is 4. The number of guanidine groups is 1. The van der Waals surface area contributed by atoms with Gasteiger partial charge in [-0.15, -0.1) is 0 Å². The molecule has 0 aromatic heterocycles. The number of aliphatic carboxylic acids is 1. The van der Waals surface area contributed by atoms with Crippen LogP contribution in [0, 0.1) is 5.41 Å². The van der Waals surface area contributed by atoms with Crippen LogP contribution in [0.5, 0.6) is 11.5 Å². The average molecular weight is 501 g/mol. The highest BCUT2D eigenvalue weighted by atomic mass is 16.5. The maximum absolute atomic E-state index is 12.4. The lowest BCUT2D eigenvalue weighted by atomic mass is 10.1. The van der Waals surface area contributed by atoms with E-state index in [0.717, 1.165) is 5.56 Å². The topological polar surface area (TPSA) is 230 Å². The molecule has 2 rings (SSSR count). The first-order chi connectivity index (χ1) is 17.0. The molecule has 0 amide bonds. The van der Waals surface area contributed by atoms with Gasteiger partial charge in [-0.3, -0.25) is 10.2 Å². The zero-order valence-electron chi connectivity index (χ0n) is 19.7. The fraction of sp³-hybridized carbons (Fsp3) is 0.333. The lowest BCUT2D eigenvalue weighted by Gasteiger charge is -2.13. The Kier molecular flexibility index (Phi) is 10.8. The molecule has 194 valence electrons. The number of hydrogen-bond donors (Lipinski definition) is 7. The second kappa shape index (κ2) is 13.8. The lowest BCUT2D eigenvalue weighted by Crippen LogP contribution is -2.36. The van der Waals surface area contributed by atoms with E-state index in [-0.39, 0.29) is 24.6 Å². The highest BCUT2D eigenvalue weighted by Crippen LogP contribution is 2.17. The van der Waals surface area contributed by atoms with Crippen molar-refractivity contribution in [3.05, 3.63) is 59.7 Å². The number of hydrogen-bond acceptors (Lipinski definition) is 9. The molecule has 0 aliphatic carbocycles. The Labute approximate surface area is 208 Å². The summed E-state index contributed by atoms with van der Waals surface area (Å²) in [5.74, 6) is -1.87. The van der Waals surface area contributed by atoms with Crippen molar-refractivity contribution < 1.29 is 29.0 Å². The monoisotopic (exact) mass is 500 g/mol. The van der Waals surface area contributed by atoms with Gasteiger partial charge >= 0.3 is 17.9 Å². The Balaban J connectivity index is 1.80. The van der Waals surface area contributed by atoms with Crippen LogP contribution in [-0.4, -0.2) is 53.6 Å². The first-order valence-electron chi connectivity index (χ1n) is 11.2.